The summed E-state index contributed by atoms with van der Waals surface area (Å²) < 4.78 is 13.7. The highest BCUT2D eigenvalue weighted by Gasteiger charge is 2.30. The molecule has 25 heavy (non-hydrogen) atoms. The molecule has 5 heteroatoms. The van der Waals surface area contributed by atoms with E-state index in [0.29, 0.717) is 18.5 Å². The molecule has 0 spiro atoms. The van der Waals surface area contributed by atoms with Crippen LogP contribution in [0.4, 0.5) is 4.39 Å². The van der Waals surface area contributed by atoms with Crippen LogP contribution in [0.15, 0.2) is 24.3 Å². The van der Waals surface area contributed by atoms with Crippen molar-refractivity contribution in [3.05, 3.63) is 35.6 Å². The molecule has 1 saturated heterocycles. The van der Waals surface area contributed by atoms with Crippen molar-refractivity contribution >= 4 is 11.8 Å². The van der Waals surface area contributed by atoms with Crippen molar-refractivity contribution in [2.24, 2.45) is 11.8 Å². The van der Waals surface area contributed by atoms with Crippen molar-refractivity contribution in [2.75, 3.05) is 13.1 Å². The van der Waals surface area contributed by atoms with Crippen LogP contribution in [0.3, 0.4) is 0 Å². The minimum absolute atomic E-state index is 0.00166. The topological polar surface area (TPSA) is 49.4 Å². The number of amides is 2. The molecule has 0 aliphatic carbocycles. The zero-order valence-corrected chi connectivity index (χ0v) is 15.4. The van der Waals surface area contributed by atoms with E-state index in [9.17, 15) is 14.0 Å². The van der Waals surface area contributed by atoms with Gasteiger partial charge in [-0.25, -0.2) is 4.39 Å². The zero-order chi connectivity index (χ0) is 18.4. The molecule has 2 amide bonds. The molecule has 1 fully saturated rings. The fraction of sp³-hybridized carbons (Fsp3) is 0.600. The van der Waals surface area contributed by atoms with E-state index in [4.69, 9.17) is 0 Å². The quantitative estimate of drug-likeness (QED) is 0.858. The normalized spacial score (nSPS) is 20.0. The minimum atomic E-state index is -0.244. The van der Waals surface area contributed by atoms with Crippen LogP contribution in [-0.4, -0.2) is 35.8 Å². The molecule has 1 aliphatic rings. The number of piperidine rings is 1. The number of halogens is 1. The van der Waals surface area contributed by atoms with E-state index < -0.39 is 0 Å². The smallest absolute Gasteiger partial charge is 0.225 e. The molecule has 138 valence electrons. The summed E-state index contributed by atoms with van der Waals surface area (Å²) in [5, 5.41) is 2.98. The van der Waals surface area contributed by atoms with E-state index in [2.05, 4.69) is 5.32 Å². The highest BCUT2D eigenvalue weighted by Crippen LogP contribution is 2.20. The highest BCUT2D eigenvalue weighted by molar-refractivity contribution is 5.82. The fourth-order valence-electron chi connectivity index (χ4n) is 3.28. The van der Waals surface area contributed by atoms with Gasteiger partial charge in [0.2, 0.25) is 11.8 Å². The third-order valence-corrected chi connectivity index (χ3v) is 5.01. The Morgan fingerprint density at radius 1 is 1.32 bits per heavy atom. The lowest BCUT2D eigenvalue weighted by atomic mass is 9.95. The maximum Gasteiger partial charge on any atom is 0.225 e. The minimum Gasteiger partial charge on any atom is -0.353 e. The van der Waals surface area contributed by atoms with Crippen molar-refractivity contribution < 1.29 is 14.0 Å². The predicted molar refractivity (Wildman–Crippen MR) is 96.5 cm³/mol. The Kier molecular flexibility index (Phi) is 6.97. The van der Waals surface area contributed by atoms with Crippen LogP contribution in [0, 0.1) is 17.7 Å². The zero-order valence-electron chi connectivity index (χ0n) is 15.4. The predicted octanol–water partition coefficient (Wildman–Crippen LogP) is 3.16. The molecule has 2 rings (SSSR count). The number of hydrogen-bond donors (Lipinski definition) is 1. The summed E-state index contributed by atoms with van der Waals surface area (Å²) in [5.74, 6) is -0.317. The summed E-state index contributed by atoms with van der Waals surface area (Å²) in [6.45, 7) is 7.04. The second kappa shape index (κ2) is 8.97. The lowest BCUT2D eigenvalue weighted by Crippen LogP contribution is -2.48. The number of carbonyl (C=O) groups is 2. The third kappa shape index (κ3) is 5.28. The van der Waals surface area contributed by atoms with Crippen molar-refractivity contribution in [2.45, 2.75) is 52.5 Å². The second-order valence-electron chi connectivity index (χ2n) is 7.14. The molecule has 0 bridgehead atoms. The number of benzene rings is 1. The van der Waals surface area contributed by atoms with Crippen LogP contribution in [0.1, 0.15) is 45.6 Å². The summed E-state index contributed by atoms with van der Waals surface area (Å²) in [4.78, 5) is 26.7. The molecule has 0 unspecified atom stereocenters. The molecule has 3 atom stereocenters. The Labute approximate surface area is 149 Å². The molecule has 1 N–H and O–H groups in total. The van der Waals surface area contributed by atoms with Gasteiger partial charge in [-0.1, -0.05) is 32.0 Å². The van der Waals surface area contributed by atoms with Gasteiger partial charge < -0.3 is 10.2 Å². The van der Waals surface area contributed by atoms with Gasteiger partial charge in [0.25, 0.3) is 0 Å². The van der Waals surface area contributed by atoms with Crippen molar-refractivity contribution in [3.8, 4) is 0 Å². The van der Waals surface area contributed by atoms with Crippen LogP contribution < -0.4 is 5.32 Å². The molecule has 1 aromatic carbocycles. The van der Waals surface area contributed by atoms with E-state index in [-0.39, 0.29) is 35.5 Å². The standard InChI is InChI=1S/C20H29FN2O2/c1-4-14(2)20(25)23-11-7-9-17(13-23)19(24)22-15(3)12-16-8-5-6-10-18(16)21/h5-6,8,10,14-15,17H,4,7,9,11-13H2,1-3H3,(H,22,24)/t14-,15+,17-/m0/s1. The van der Waals surface area contributed by atoms with Gasteiger partial charge in [-0.3, -0.25) is 9.59 Å². The molecule has 1 aromatic rings. The second-order valence-corrected chi connectivity index (χ2v) is 7.14. The van der Waals surface area contributed by atoms with E-state index >= 15 is 0 Å². The fourth-order valence-corrected chi connectivity index (χ4v) is 3.28. The Morgan fingerprint density at radius 3 is 2.72 bits per heavy atom. The number of likely N-dealkylation sites (tertiary alicyclic amines) is 1. The summed E-state index contributed by atoms with van der Waals surface area (Å²) in [7, 11) is 0. The monoisotopic (exact) mass is 348 g/mol. The molecule has 0 saturated carbocycles. The Hall–Kier alpha value is -1.91. The first-order valence-corrected chi connectivity index (χ1v) is 9.25. The number of nitrogens with one attached hydrogen (secondary N) is 1. The lowest BCUT2D eigenvalue weighted by molar-refractivity contribution is -0.139. The molecule has 1 heterocycles. The first-order chi connectivity index (χ1) is 11.9. The van der Waals surface area contributed by atoms with Gasteiger partial charge in [0.15, 0.2) is 0 Å². The van der Waals surface area contributed by atoms with Crippen LogP contribution in [0.25, 0.3) is 0 Å². The maximum absolute atomic E-state index is 13.7. The summed E-state index contributed by atoms with van der Waals surface area (Å²) in [6, 6.07) is 6.48. The average Bonchev–Trinajstić information content (AvgIpc) is 2.62. The van der Waals surface area contributed by atoms with Gasteiger partial charge in [-0.05, 0) is 44.2 Å². The summed E-state index contributed by atoms with van der Waals surface area (Å²) >= 11 is 0. The van der Waals surface area contributed by atoms with E-state index in [1.54, 1.807) is 18.2 Å². The van der Waals surface area contributed by atoms with Crippen molar-refractivity contribution in [3.63, 3.8) is 0 Å². The summed E-state index contributed by atoms with van der Waals surface area (Å²) in [6.07, 6.45) is 2.91. The van der Waals surface area contributed by atoms with Crippen LogP contribution in [-0.2, 0) is 16.0 Å². The Morgan fingerprint density at radius 2 is 2.04 bits per heavy atom. The van der Waals surface area contributed by atoms with Gasteiger partial charge in [-0.15, -0.1) is 0 Å². The number of carbonyl (C=O) groups excluding carboxylic acids is 2. The Balaban J connectivity index is 1.89. The van der Waals surface area contributed by atoms with Crippen LogP contribution >= 0.6 is 0 Å². The first kappa shape index (κ1) is 19.4. The van der Waals surface area contributed by atoms with Gasteiger partial charge in [0.1, 0.15) is 5.82 Å². The van der Waals surface area contributed by atoms with E-state index in [1.807, 2.05) is 25.7 Å². The van der Waals surface area contributed by atoms with Gasteiger partial charge >= 0.3 is 0 Å². The van der Waals surface area contributed by atoms with Crippen LogP contribution in [0.2, 0.25) is 0 Å². The van der Waals surface area contributed by atoms with E-state index in [1.165, 1.54) is 6.07 Å². The maximum atomic E-state index is 13.7. The molecular weight excluding hydrogens is 319 g/mol. The molecule has 0 radical (unpaired) electrons. The molecular formula is C20H29FN2O2. The number of rotatable bonds is 6. The Bertz CT molecular complexity index is 605. The number of hydrogen-bond acceptors (Lipinski definition) is 2. The van der Waals surface area contributed by atoms with Gasteiger partial charge in [0.05, 0.1) is 5.92 Å². The SMILES string of the molecule is CC[C@H](C)C(=O)N1CCC[C@H](C(=O)N[C@H](C)Cc2ccccc2F)C1. The van der Waals surface area contributed by atoms with Crippen molar-refractivity contribution in [1.29, 1.82) is 0 Å². The highest BCUT2D eigenvalue weighted by atomic mass is 19.1. The first-order valence-electron chi connectivity index (χ1n) is 9.25. The van der Waals surface area contributed by atoms with Gasteiger partial charge in [-0.2, -0.15) is 0 Å². The molecule has 1 aliphatic heterocycles. The van der Waals surface area contributed by atoms with Crippen LogP contribution in [0.5, 0.6) is 0 Å². The molecule has 4 nitrogen and oxygen atoms in total. The van der Waals surface area contributed by atoms with Gasteiger partial charge in [0, 0.05) is 25.0 Å². The lowest BCUT2D eigenvalue weighted by Gasteiger charge is -2.34. The third-order valence-electron chi connectivity index (χ3n) is 5.01. The summed E-state index contributed by atoms with van der Waals surface area (Å²) in [5.41, 5.74) is 0.604. The number of nitrogens with zero attached hydrogens (tertiary/aromatic N) is 1. The largest absolute Gasteiger partial charge is 0.353 e. The van der Waals surface area contributed by atoms with Crippen molar-refractivity contribution in [1.82, 2.24) is 10.2 Å². The van der Waals surface area contributed by atoms with E-state index in [0.717, 1.165) is 25.8 Å². The molecule has 0 aromatic heterocycles. The average molecular weight is 348 g/mol.